The second-order valence-corrected chi connectivity index (χ2v) is 8.42. The summed E-state index contributed by atoms with van der Waals surface area (Å²) in [6, 6.07) is 26.0. The van der Waals surface area contributed by atoms with Gasteiger partial charge in [-0.3, -0.25) is 4.79 Å². The molecule has 0 N–H and O–H groups in total. The van der Waals surface area contributed by atoms with E-state index >= 15 is 0 Å². The minimum absolute atomic E-state index is 0.0103. The summed E-state index contributed by atoms with van der Waals surface area (Å²) in [6.07, 6.45) is -0.393. The van der Waals surface area contributed by atoms with Gasteiger partial charge in [-0.2, -0.15) is 0 Å². The molecule has 3 aromatic carbocycles. The van der Waals surface area contributed by atoms with Gasteiger partial charge in [0.15, 0.2) is 6.10 Å². The fourth-order valence-electron chi connectivity index (χ4n) is 3.74. The Kier molecular flexibility index (Phi) is 8.84. The highest BCUT2D eigenvalue weighted by Crippen LogP contribution is 2.22. The van der Waals surface area contributed by atoms with E-state index in [9.17, 15) is 9.59 Å². The van der Waals surface area contributed by atoms with Crippen LogP contribution in [0, 0.1) is 6.92 Å². The smallest absolute Gasteiger partial charge is 0.335 e. The van der Waals surface area contributed by atoms with Gasteiger partial charge in [0, 0.05) is 18.6 Å². The van der Waals surface area contributed by atoms with E-state index in [4.69, 9.17) is 18.6 Å². The molecule has 0 fully saturated rings. The molecule has 7 heteroatoms. The van der Waals surface area contributed by atoms with Crippen molar-refractivity contribution >= 4 is 11.9 Å². The normalized spacial score (nSPS) is 11.6. The molecule has 0 bridgehead atoms. The molecule has 7 nitrogen and oxygen atoms in total. The summed E-state index contributed by atoms with van der Waals surface area (Å²) in [5.74, 6) is 0.584. The number of aryl methyl sites for hydroxylation is 1. The van der Waals surface area contributed by atoms with Crippen molar-refractivity contribution in [2.75, 3.05) is 6.61 Å². The average molecular weight is 500 g/mol. The number of ether oxygens (including phenoxy) is 3. The Hall–Kier alpha value is -4.23. The monoisotopic (exact) mass is 499 g/mol. The maximum absolute atomic E-state index is 12.6. The van der Waals surface area contributed by atoms with E-state index in [1.54, 1.807) is 31.2 Å². The largest absolute Gasteiger partial charge is 0.459 e. The zero-order chi connectivity index (χ0) is 26.0. The molecule has 190 valence electrons. The predicted molar refractivity (Wildman–Crippen MR) is 138 cm³/mol. The number of hydrogen-bond acceptors (Lipinski definition) is 7. The number of carbonyl (C=O) groups is 2. The van der Waals surface area contributed by atoms with Crippen molar-refractivity contribution in [3.63, 3.8) is 0 Å². The Morgan fingerprint density at radius 2 is 1.57 bits per heavy atom. The van der Waals surface area contributed by atoms with E-state index in [1.807, 2.05) is 67.6 Å². The summed E-state index contributed by atoms with van der Waals surface area (Å²) in [6.45, 7) is 4.18. The van der Waals surface area contributed by atoms with Crippen LogP contribution in [0.2, 0.25) is 0 Å². The Balaban J connectivity index is 1.31. The topological polar surface area (TPSA) is 87.9 Å². The highest BCUT2D eigenvalue weighted by molar-refractivity contribution is 5.76. The minimum Gasteiger partial charge on any atom is -0.459 e. The lowest BCUT2D eigenvalue weighted by Gasteiger charge is -2.16. The first kappa shape index (κ1) is 25.9. The molecule has 0 aliphatic carbocycles. The number of rotatable bonds is 11. The van der Waals surface area contributed by atoms with E-state index in [0.29, 0.717) is 36.1 Å². The number of aromatic nitrogens is 1. The van der Waals surface area contributed by atoms with Crippen LogP contribution >= 0.6 is 0 Å². The van der Waals surface area contributed by atoms with Crippen molar-refractivity contribution in [1.29, 1.82) is 0 Å². The first-order chi connectivity index (χ1) is 18.0. The lowest BCUT2D eigenvalue weighted by molar-refractivity contribution is -0.158. The van der Waals surface area contributed by atoms with E-state index in [1.165, 1.54) is 0 Å². The lowest BCUT2D eigenvalue weighted by Crippen LogP contribution is -2.28. The predicted octanol–water partition coefficient (Wildman–Crippen LogP) is 5.49. The molecule has 37 heavy (non-hydrogen) atoms. The number of benzene rings is 3. The van der Waals surface area contributed by atoms with Crippen molar-refractivity contribution in [3.8, 4) is 17.2 Å². The zero-order valence-electron chi connectivity index (χ0n) is 20.9. The maximum atomic E-state index is 12.6. The van der Waals surface area contributed by atoms with Crippen LogP contribution in [0.4, 0.5) is 0 Å². The van der Waals surface area contributed by atoms with Crippen molar-refractivity contribution in [3.05, 3.63) is 108 Å². The molecule has 1 unspecified atom stereocenters. The van der Waals surface area contributed by atoms with Gasteiger partial charge in [-0.1, -0.05) is 60.7 Å². The van der Waals surface area contributed by atoms with Gasteiger partial charge >= 0.3 is 11.9 Å². The van der Waals surface area contributed by atoms with Gasteiger partial charge in [0.2, 0.25) is 5.89 Å². The zero-order valence-corrected chi connectivity index (χ0v) is 20.9. The third kappa shape index (κ3) is 7.38. The molecule has 0 saturated carbocycles. The van der Waals surface area contributed by atoms with Crippen molar-refractivity contribution in [2.24, 2.45) is 0 Å². The number of carbonyl (C=O) groups excluding carboxylic acids is 2. The minimum atomic E-state index is -0.726. The SMILES string of the molecule is CCOC(Cc1ccc(OC(=O)Cc2nc(-c3ccccc3)oc2C)cc1)C(=O)OCc1ccccc1. The van der Waals surface area contributed by atoms with Gasteiger partial charge in [0.1, 0.15) is 18.1 Å². The Labute approximate surface area is 216 Å². The standard InChI is InChI=1S/C30H29NO6/c1-3-34-27(30(33)35-20-23-10-6-4-7-11-23)18-22-14-16-25(17-15-22)37-28(32)19-26-21(2)36-29(31-26)24-12-8-5-9-13-24/h4-17,27H,3,18-20H2,1-2H3. The average Bonchev–Trinajstić information content (AvgIpc) is 3.29. The van der Waals surface area contributed by atoms with Crippen LogP contribution in [0.3, 0.4) is 0 Å². The molecule has 4 rings (SSSR count). The third-order valence-electron chi connectivity index (χ3n) is 5.66. The molecule has 1 aromatic heterocycles. The van der Waals surface area contributed by atoms with Crippen LogP contribution in [-0.4, -0.2) is 29.6 Å². The van der Waals surface area contributed by atoms with Crippen molar-refractivity contribution in [2.45, 2.75) is 39.4 Å². The molecule has 0 aliphatic heterocycles. The second-order valence-electron chi connectivity index (χ2n) is 8.42. The van der Waals surface area contributed by atoms with Crippen LogP contribution in [0.15, 0.2) is 89.3 Å². The number of hydrogen-bond donors (Lipinski definition) is 0. The van der Waals surface area contributed by atoms with Crippen LogP contribution < -0.4 is 4.74 Å². The first-order valence-electron chi connectivity index (χ1n) is 12.2. The van der Waals surface area contributed by atoms with Crippen LogP contribution in [0.25, 0.3) is 11.5 Å². The first-order valence-corrected chi connectivity index (χ1v) is 12.2. The van der Waals surface area contributed by atoms with Crippen LogP contribution in [0.5, 0.6) is 5.75 Å². The second kappa shape index (κ2) is 12.6. The fourth-order valence-corrected chi connectivity index (χ4v) is 3.74. The van der Waals surface area contributed by atoms with Crippen LogP contribution in [0.1, 0.15) is 29.5 Å². The Morgan fingerprint density at radius 1 is 0.892 bits per heavy atom. The van der Waals surface area contributed by atoms with E-state index in [-0.39, 0.29) is 13.0 Å². The van der Waals surface area contributed by atoms with E-state index in [2.05, 4.69) is 4.98 Å². The van der Waals surface area contributed by atoms with E-state index in [0.717, 1.165) is 16.7 Å². The van der Waals surface area contributed by atoms with Gasteiger partial charge < -0.3 is 18.6 Å². The van der Waals surface area contributed by atoms with Gasteiger partial charge in [0.25, 0.3) is 0 Å². The molecule has 0 spiro atoms. The summed E-state index contributed by atoms with van der Waals surface area (Å²) < 4.78 is 22.3. The molecule has 0 radical (unpaired) electrons. The molecular weight excluding hydrogens is 470 g/mol. The fraction of sp³-hybridized carbons (Fsp3) is 0.233. The summed E-state index contributed by atoms with van der Waals surface area (Å²) in [7, 11) is 0. The van der Waals surface area contributed by atoms with Crippen molar-refractivity contribution in [1.82, 2.24) is 4.98 Å². The molecule has 0 saturated heterocycles. The Morgan fingerprint density at radius 3 is 2.24 bits per heavy atom. The molecule has 4 aromatic rings. The van der Waals surface area contributed by atoms with Gasteiger partial charge in [0.05, 0.1) is 12.1 Å². The number of nitrogens with zero attached hydrogens (tertiary/aromatic N) is 1. The number of esters is 2. The summed E-state index contributed by atoms with van der Waals surface area (Å²) in [4.78, 5) is 29.6. The molecule has 1 heterocycles. The lowest BCUT2D eigenvalue weighted by atomic mass is 10.1. The summed E-state index contributed by atoms with van der Waals surface area (Å²) >= 11 is 0. The maximum Gasteiger partial charge on any atom is 0.335 e. The molecule has 1 atom stereocenters. The number of oxazole rings is 1. The van der Waals surface area contributed by atoms with Crippen molar-refractivity contribution < 1.29 is 28.2 Å². The van der Waals surface area contributed by atoms with Gasteiger partial charge in [-0.25, -0.2) is 9.78 Å². The third-order valence-corrected chi connectivity index (χ3v) is 5.66. The molecular formula is C30H29NO6. The summed E-state index contributed by atoms with van der Waals surface area (Å²) in [5, 5.41) is 0. The van der Waals surface area contributed by atoms with Gasteiger partial charge in [-0.05, 0) is 49.2 Å². The Bertz CT molecular complexity index is 1300. The highest BCUT2D eigenvalue weighted by Gasteiger charge is 2.21. The van der Waals surface area contributed by atoms with E-state index < -0.39 is 18.0 Å². The highest BCUT2D eigenvalue weighted by atomic mass is 16.6. The molecule has 0 amide bonds. The van der Waals surface area contributed by atoms with Gasteiger partial charge in [-0.15, -0.1) is 0 Å². The molecule has 0 aliphatic rings. The van der Waals surface area contributed by atoms with Crippen LogP contribution in [-0.2, 0) is 38.5 Å². The quantitative estimate of drug-likeness (QED) is 0.199. The summed E-state index contributed by atoms with van der Waals surface area (Å²) in [5.41, 5.74) is 3.15.